The molecule has 7 nitrogen and oxygen atoms in total. The second-order valence-electron chi connectivity index (χ2n) is 6.52. The SMILES string of the molecule is CC1CCc2c(sc(NC(=O)CS(=O)Cc3ccc(C(=O)O)o3)c2C#N)C1. The van der Waals surface area contributed by atoms with E-state index < -0.39 is 22.7 Å². The molecule has 0 aliphatic heterocycles. The van der Waals surface area contributed by atoms with Gasteiger partial charge in [-0.05, 0) is 42.9 Å². The molecule has 142 valence electrons. The molecule has 27 heavy (non-hydrogen) atoms. The topological polar surface area (TPSA) is 120 Å². The molecule has 1 aliphatic rings. The third-order valence-corrected chi connectivity index (χ3v) is 6.70. The van der Waals surface area contributed by atoms with E-state index >= 15 is 0 Å². The van der Waals surface area contributed by atoms with Gasteiger partial charge in [-0.2, -0.15) is 5.26 Å². The zero-order valence-corrected chi connectivity index (χ0v) is 16.2. The van der Waals surface area contributed by atoms with Gasteiger partial charge >= 0.3 is 5.97 Å². The van der Waals surface area contributed by atoms with E-state index in [0.29, 0.717) is 16.5 Å². The molecule has 1 aliphatic carbocycles. The lowest BCUT2D eigenvalue weighted by atomic mass is 9.89. The molecule has 3 rings (SSSR count). The Hall–Kier alpha value is -2.44. The maximum Gasteiger partial charge on any atom is 0.371 e. The minimum absolute atomic E-state index is 0.0513. The largest absolute Gasteiger partial charge is 0.475 e. The van der Waals surface area contributed by atoms with E-state index in [1.807, 2.05) is 0 Å². The maximum absolute atomic E-state index is 12.2. The van der Waals surface area contributed by atoms with Gasteiger partial charge < -0.3 is 14.8 Å². The quantitative estimate of drug-likeness (QED) is 0.761. The van der Waals surface area contributed by atoms with Gasteiger partial charge in [0.15, 0.2) is 0 Å². The zero-order chi connectivity index (χ0) is 19.6. The summed E-state index contributed by atoms with van der Waals surface area (Å²) in [7, 11) is -1.56. The van der Waals surface area contributed by atoms with Crippen LogP contribution in [-0.2, 0) is 34.2 Å². The van der Waals surface area contributed by atoms with Crippen molar-refractivity contribution >= 4 is 39.0 Å². The minimum atomic E-state index is -1.56. The van der Waals surface area contributed by atoms with E-state index in [1.165, 1.54) is 23.5 Å². The number of amides is 1. The molecule has 2 unspecified atom stereocenters. The lowest BCUT2D eigenvalue weighted by Gasteiger charge is -2.17. The highest BCUT2D eigenvalue weighted by atomic mass is 32.2. The smallest absolute Gasteiger partial charge is 0.371 e. The first-order valence-electron chi connectivity index (χ1n) is 8.38. The van der Waals surface area contributed by atoms with Gasteiger partial charge in [-0.3, -0.25) is 9.00 Å². The van der Waals surface area contributed by atoms with Gasteiger partial charge in [-0.15, -0.1) is 11.3 Å². The summed E-state index contributed by atoms with van der Waals surface area (Å²) in [5.41, 5.74) is 1.53. The molecule has 0 aromatic carbocycles. The van der Waals surface area contributed by atoms with Crippen molar-refractivity contribution < 1.29 is 23.3 Å². The summed E-state index contributed by atoms with van der Waals surface area (Å²) in [5, 5.41) is 21.5. The van der Waals surface area contributed by atoms with Crippen LogP contribution in [0.4, 0.5) is 5.00 Å². The summed E-state index contributed by atoms with van der Waals surface area (Å²) < 4.78 is 17.2. The maximum atomic E-state index is 12.2. The molecule has 0 saturated carbocycles. The summed E-state index contributed by atoms with van der Waals surface area (Å²) in [6, 6.07) is 4.89. The lowest BCUT2D eigenvalue weighted by Crippen LogP contribution is -2.20. The minimum Gasteiger partial charge on any atom is -0.475 e. The van der Waals surface area contributed by atoms with Crippen LogP contribution in [0.25, 0.3) is 0 Å². The van der Waals surface area contributed by atoms with Crippen molar-refractivity contribution in [2.45, 2.75) is 31.9 Å². The number of hydrogen-bond acceptors (Lipinski definition) is 6. The van der Waals surface area contributed by atoms with Crippen LogP contribution < -0.4 is 5.32 Å². The van der Waals surface area contributed by atoms with Gasteiger partial charge in [0.25, 0.3) is 0 Å². The van der Waals surface area contributed by atoms with Crippen LogP contribution in [0, 0.1) is 17.2 Å². The predicted molar refractivity (Wildman–Crippen MR) is 101 cm³/mol. The zero-order valence-electron chi connectivity index (χ0n) is 14.6. The average molecular weight is 406 g/mol. The number of fused-ring (bicyclic) bond motifs is 1. The fraction of sp³-hybridized carbons (Fsp3) is 0.389. The average Bonchev–Trinajstić information content (AvgIpc) is 3.18. The molecule has 0 radical (unpaired) electrons. The number of nitrogens with one attached hydrogen (secondary N) is 1. The highest BCUT2D eigenvalue weighted by molar-refractivity contribution is 7.84. The van der Waals surface area contributed by atoms with Crippen molar-refractivity contribution in [2.24, 2.45) is 5.92 Å². The normalized spacial score (nSPS) is 17.0. The van der Waals surface area contributed by atoms with Gasteiger partial charge in [0.2, 0.25) is 11.7 Å². The van der Waals surface area contributed by atoms with Crippen LogP contribution >= 0.6 is 11.3 Å². The number of hydrogen-bond donors (Lipinski definition) is 2. The molecule has 2 aromatic heterocycles. The number of nitrogens with zero attached hydrogens (tertiary/aromatic N) is 1. The Morgan fingerprint density at radius 3 is 2.93 bits per heavy atom. The molecular weight excluding hydrogens is 388 g/mol. The van der Waals surface area contributed by atoms with Crippen molar-refractivity contribution in [2.75, 3.05) is 11.1 Å². The number of aromatic carboxylic acids is 1. The van der Waals surface area contributed by atoms with Crippen LogP contribution in [0.15, 0.2) is 16.5 Å². The summed E-state index contributed by atoms with van der Waals surface area (Å²) in [6.07, 6.45) is 2.76. The standard InChI is InChI=1S/C18H18N2O5S2/c1-10-2-4-12-13(7-19)17(26-15(12)6-10)20-16(21)9-27(24)8-11-3-5-14(25-11)18(22)23/h3,5,10H,2,4,6,8-9H2,1H3,(H,20,21)(H,22,23). The highest BCUT2D eigenvalue weighted by Crippen LogP contribution is 2.39. The number of nitriles is 1. The third kappa shape index (κ3) is 4.46. The molecular formula is C18H18N2O5S2. The Bertz CT molecular complexity index is 954. The monoisotopic (exact) mass is 406 g/mol. The van der Waals surface area contributed by atoms with Gasteiger partial charge in [0, 0.05) is 15.7 Å². The van der Waals surface area contributed by atoms with E-state index in [-0.39, 0.29) is 23.0 Å². The molecule has 0 fully saturated rings. The van der Waals surface area contributed by atoms with Crippen molar-refractivity contribution in [3.05, 3.63) is 39.7 Å². The Morgan fingerprint density at radius 1 is 1.48 bits per heavy atom. The molecule has 0 bridgehead atoms. The number of anilines is 1. The molecule has 2 aromatic rings. The number of carbonyl (C=O) groups excluding carboxylic acids is 1. The molecule has 2 N–H and O–H groups in total. The van der Waals surface area contributed by atoms with Gasteiger partial charge in [-0.1, -0.05) is 6.92 Å². The number of thiophene rings is 1. The van der Waals surface area contributed by atoms with Gasteiger partial charge in [-0.25, -0.2) is 4.79 Å². The van der Waals surface area contributed by atoms with Gasteiger partial charge in [0.1, 0.15) is 22.6 Å². The number of carbonyl (C=O) groups is 2. The second kappa shape index (κ2) is 8.06. The fourth-order valence-electron chi connectivity index (χ4n) is 3.05. The Morgan fingerprint density at radius 2 is 2.26 bits per heavy atom. The first-order chi connectivity index (χ1) is 12.9. The van der Waals surface area contributed by atoms with Crippen molar-refractivity contribution in [1.82, 2.24) is 0 Å². The highest BCUT2D eigenvalue weighted by Gasteiger charge is 2.25. The van der Waals surface area contributed by atoms with Crippen LogP contribution in [0.2, 0.25) is 0 Å². The lowest BCUT2D eigenvalue weighted by molar-refractivity contribution is -0.113. The molecule has 2 atom stereocenters. The van der Waals surface area contributed by atoms with Crippen LogP contribution in [0.5, 0.6) is 0 Å². The van der Waals surface area contributed by atoms with Gasteiger partial charge in [0.05, 0.1) is 11.3 Å². The summed E-state index contributed by atoms with van der Waals surface area (Å²) in [4.78, 5) is 24.2. The Balaban J connectivity index is 1.63. The first kappa shape index (κ1) is 19.3. The number of furan rings is 1. The van der Waals surface area contributed by atoms with E-state index in [1.54, 1.807) is 0 Å². The van der Waals surface area contributed by atoms with Crippen molar-refractivity contribution in [3.63, 3.8) is 0 Å². The van der Waals surface area contributed by atoms with Crippen LogP contribution in [0.1, 0.15) is 45.7 Å². The molecule has 0 spiro atoms. The second-order valence-corrected chi connectivity index (χ2v) is 9.08. The Labute approximate surface area is 162 Å². The number of rotatable bonds is 6. The molecule has 1 amide bonds. The predicted octanol–water partition coefficient (Wildman–Crippen LogP) is 2.92. The van der Waals surface area contributed by atoms with E-state index in [4.69, 9.17) is 9.52 Å². The number of carboxylic acid groups (broad SMARTS) is 1. The third-order valence-electron chi connectivity index (χ3n) is 4.34. The summed E-state index contributed by atoms with van der Waals surface area (Å²) >= 11 is 1.42. The van der Waals surface area contributed by atoms with Crippen LogP contribution in [-0.4, -0.2) is 26.9 Å². The fourth-order valence-corrected chi connectivity index (χ4v) is 5.36. The summed E-state index contributed by atoms with van der Waals surface area (Å²) in [5.74, 6) is -1.38. The Kier molecular flexibility index (Phi) is 5.77. The molecule has 0 saturated heterocycles. The molecule has 9 heteroatoms. The van der Waals surface area contributed by atoms with E-state index in [9.17, 15) is 19.1 Å². The summed E-state index contributed by atoms with van der Waals surface area (Å²) in [6.45, 7) is 2.17. The van der Waals surface area contributed by atoms with Crippen LogP contribution in [0.3, 0.4) is 0 Å². The van der Waals surface area contributed by atoms with Crippen molar-refractivity contribution in [3.8, 4) is 6.07 Å². The number of carboxylic acids is 1. The van der Waals surface area contributed by atoms with E-state index in [2.05, 4.69) is 18.3 Å². The van der Waals surface area contributed by atoms with E-state index in [0.717, 1.165) is 29.7 Å². The molecule has 2 heterocycles. The van der Waals surface area contributed by atoms with Crippen molar-refractivity contribution in [1.29, 1.82) is 5.26 Å². The first-order valence-corrected chi connectivity index (χ1v) is 10.7.